The molecule has 2 aromatic carbocycles. The third-order valence-corrected chi connectivity index (χ3v) is 3.79. The van der Waals surface area contributed by atoms with E-state index in [2.05, 4.69) is 20.7 Å². The molecule has 0 saturated carbocycles. The second-order valence-corrected chi connectivity index (χ2v) is 5.38. The van der Waals surface area contributed by atoms with Crippen LogP contribution in [-0.4, -0.2) is 29.4 Å². The molecule has 1 heterocycles. The number of ether oxygens (including phenoxy) is 1. The van der Waals surface area contributed by atoms with E-state index in [9.17, 15) is 4.79 Å². The van der Waals surface area contributed by atoms with Gasteiger partial charge in [0.2, 0.25) is 0 Å². The van der Waals surface area contributed by atoms with Crippen molar-refractivity contribution in [3.8, 4) is 17.0 Å². The quantitative estimate of drug-likeness (QED) is 0.556. The van der Waals surface area contributed by atoms with Crippen molar-refractivity contribution in [2.75, 3.05) is 7.11 Å². The fourth-order valence-corrected chi connectivity index (χ4v) is 2.49. The highest BCUT2D eigenvalue weighted by Gasteiger charge is 2.16. The molecule has 126 valence electrons. The molecule has 3 rings (SSSR count). The Morgan fingerprint density at radius 3 is 2.64 bits per heavy atom. The minimum Gasteiger partial charge on any atom is -0.496 e. The number of hydrogen-bond donors (Lipinski definition) is 2. The Bertz CT molecular complexity index is 901. The number of amides is 1. The summed E-state index contributed by atoms with van der Waals surface area (Å²) >= 11 is 0. The number of rotatable bonds is 5. The first-order valence-electron chi connectivity index (χ1n) is 7.77. The van der Waals surface area contributed by atoms with Gasteiger partial charge < -0.3 is 4.74 Å². The summed E-state index contributed by atoms with van der Waals surface area (Å²) in [7, 11) is 1.59. The van der Waals surface area contributed by atoms with Gasteiger partial charge in [-0.15, -0.1) is 0 Å². The number of methoxy groups -OCH3 is 1. The van der Waals surface area contributed by atoms with E-state index in [1.807, 2.05) is 61.5 Å². The SMILES string of the molecule is COc1ccccc1C=NNC(=O)c1[nH]nc(-c2ccccc2)c1C. The normalized spacial score (nSPS) is 10.8. The standard InChI is InChI=1S/C19H18N4O2/c1-13-17(14-8-4-3-5-9-14)21-22-18(13)19(24)23-20-12-15-10-6-7-11-16(15)25-2/h3-12H,1-2H3,(H,21,22)(H,23,24). The summed E-state index contributed by atoms with van der Waals surface area (Å²) < 4.78 is 5.24. The van der Waals surface area contributed by atoms with E-state index < -0.39 is 0 Å². The van der Waals surface area contributed by atoms with Crippen molar-refractivity contribution in [3.63, 3.8) is 0 Å². The van der Waals surface area contributed by atoms with Crippen LogP contribution < -0.4 is 10.2 Å². The van der Waals surface area contributed by atoms with E-state index in [4.69, 9.17) is 4.74 Å². The molecule has 0 spiro atoms. The summed E-state index contributed by atoms with van der Waals surface area (Å²) in [5.74, 6) is 0.336. The molecule has 0 aliphatic carbocycles. The van der Waals surface area contributed by atoms with Gasteiger partial charge in [0, 0.05) is 16.7 Å². The summed E-state index contributed by atoms with van der Waals surface area (Å²) in [5, 5.41) is 11.0. The summed E-state index contributed by atoms with van der Waals surface area (Å²) in [6, 6.07) is 17.1. The molecule has 25 heavy (non-hydrogen) atoms. The average molecular weight is 334 g/mol. The summed E-state index contributed by atoms with van der Waals surface area (Å²) in [5.41, 5.74) is 6.14. The predicted octanol–water partition coefficient (Wildman–Crippen LogP) is 3.16. The number of benzene rings is 2. The third-order valence-electron chi connectivity index (χ3n) is 3.79. The van der Waals surface area contributed by atoms with Crippen molar-refractivity contribution in [1.29, 1.82) is 0 Å². The maximum Gasteiger partial charge on any atom is 0.289 e. The maximum atomic E-state index is 12.3. The minimum atomic E-state index is -0.349. The van der Waals surface area contributed by atoms with Crippen molar-refractivity contribution in [2.24, 2.45) is 5.10 Å². The zero-order chi connectivity index (χ0) is 17.6. The van der Waals surface area contributed by atoms with Crippen LogP contribution in [0.2, 0.25) is 0 Å². The fraction of sp³-hybridized carbons (Fsp3) is 0.105. The lowest BCUT2D eigenvalue weighted by atomic mass is 10.1. The molecule has 0 unspecified atom stereocenters. The maximum absolute atomic E-state index is 12.3. The topological polar surface area (TPSA) is 79.4 Å². The van der Waals surface area contributed by atoms with Crippen LogP contribution in [0.1, 0.15) is 21.6 Å². The molecule has 0 aliphatic heterocycles. The van der Waals surface area contributed by atoms with Gasteiger partial charge in [0.25, 0.3) is 5.91 Å². The molecular formula is C19H18N4O2. The molecule has 0 fully saturated rings. The molecule has 0 saturated heterocycles. The van der Waals surface area contributed by atoms with Gasteiger partial charge in [-0.2, -0.15) is 10.2 Å². The molecule has 3 aromatic rings. The number of nitrogens with zero attached hydrogens (tertiary/aromatic N) is 2. The van der Waals surface area contributed by atoms with Gasteiger partial charge in [0.05, 0.1) is 19.0 Å². The van der Waals surface area contributed by atoms with Crippen LogP contribution in [0.25, 0.3) is 11.3 Å². The lowest BCUT2D eigenvalue weighted by Gasteiger charge is -2.03. The van der Waals surface area contributed by atoms with Crippen LogP contribution in [0, 0.1) is 6.92 Å². The summed E-state index contributed by atoms with van der Waals surface area (Å²) in [6.45, 7) is 1.85. The number of aromatic amines is 1. The van der Waals surface area contributed by atoms with Gasteiger partial charge >= 0.3 is 0 Å². The second-order valence-electron chi connectivity index (χ2n) is 5.38. The molecule has 0 aliphatic rings. The van der Waals surface area contributed by atoms with Crippen molar-refractivity contribution in [3.05, 3.63) is 71.4 Å². The van der Waals surface area contributed by atoms with E-state index in [0.717, 1.165) is 22.4 Å². The molecule has 6 nitrogen and oxygen atoms in total. The molecule has 1 aromatic heterocycles. The molecule has 6 heteroatoms. The molecule has 0 bridgehead atoms. The van der Waals surface area contributed by atoms with E-state index in [1.165, 1.54) is 0 Å². The number of carbonyl (C=O) groups is 1. The lowest BCUT2D eigenvalue weighted by molar-refractivity contribution is 0.0949. The van der Waals surface area contributed by atoms with E-state index in [-0.39, 0.29) is 5.91 Å². The third kappa shape index (κ3) is 3.58. The van der Waals surface area contributed by atoms with Gasteiger partial charge in [-0.1, -0.05) is 42.5 Å². The Balaban J connectivity index is 1.74. The monoisotopic (exact) mass is 334 g/mol. The number of H-pyrrole nitrogens is 1. The van der Waals surface area contributed by atoms with Crippen LogP contribution in [0.4, 0.5) is 0 Å². The number of hydrogen-bond acceptors (Lipinski definition) is 4. The number of para-hydroxylation sites is 1. The lowest BCUT2D eigenvalue weighted by Crippen LogP contribution is -2.19. The highest BCUT2D eigenvalue weighted by atomic mass is 16.5. The van der Waals surface area contributed by atoms with Crippen LogP contribution in [-0.2, 0) is 0 Å². The highest BCUT2D eigenvalue weighted by molar-refractivity contribution is 5.96. The zero-order valence-electron chi connectivity index (χ0n) is 14.0. The Kier molecular flexibility index (Phi) is 4.89. The Labute approximate surface area is 145 Å². The van der Waals surface area contributed by atoms with Gasteiger partial charge in [-0.25, -0.2) is 5.43 Å². The minimum absolute atomic E-state index is 0.349. The Morgan fingerprint density at radius 1 is 1.16 bits per heavy atom. The van der Waals surface area contributed by atoms with Crippen molar-refractivity contribution in [1.82, 2.24) is 15.6 Å². The summed E-state index contributed by atoms with van der Waals surface area (Å²) in [4.78, 5) is 12.3. The van der Waals surface area contributed by atoms with Gasteiger partial charge in [0.15, 0.2) is 0 Å². The molecule has 1 amide bonds. The van der Waals surface area contributed by atoms with Crippen molar-refractivity contribution >= 4 is 12.1 Å². The number of aromatic nitrogens is 2. The second kappa shape index (κ2) is 7.44. The van der Waals surface area contributed by atoms with Gasteiger partial charge in [0.1, 0.15) is 11.4 Å². The highest BCUT2D eigenvalue weighted by Crippen LogP contribution is 2.22. The largest absolute Gasteiger partial charge is 0.496 e. The van der Waals surface area contributed by atoms with E-state index >= 15 is 0 Å². The van der Waals surface area contributed by atoms with Crippen LogP contribution in [0.5, 0.6) is 5.75 Å². The Hall–Kier alpha value is -3.41. The van der Waals surface area contributed by atoms with E-state index in [1.54, 1.807) is 13.3 Å². The molecular weight excluding hydrogens is 316 g/mol. The first-order valence-corrected chi connectivity index (χ1v) is 7.77. The molecule has 0 atom stereocenters. The van der Waals surface area contributed by atoms with Crippen molar-refractivity contribution in [2.45, 2.75) is 6.92 Å². The first-order chi connectivity index (χ1) is 12.2. The fourth-order valence-electron chi connectivity index (χ4n) is 2.49. The number of carbonyl (C=O) groups excluding carboxylic acids is 1. The van der Waals surface area contributed by atoms with Crippen LogP contribution in [0.3, 0.4) is 0 Å². The zero-order valence-corrected chi connectivity index (χ0v) is 14.0. The van der Waals surface area contributed by atoms with E-state index in [0.29, 0.717) is 11.4 Å². The molecule has 0 radical (unpaired) electrons. The van der Waals surface area contributed by atoms with Crippen molar-refractivity contribution < 1.29 is 9.53 Å². The number of hydrazone groups is 1. The number of nitrogens with one attached hydrogen (secondary N) is 2. The smallest absolute Gasteiger partial charge is 0.289 e. The predicted molar refractivity (Wildman–Crippen MR) is 96.8 cm³/mol. The summed E-state index contributed by atoms with van der Waals surface area (Å²) in [6.07, 6.45) is 1.54. The van der Waals surface area contributed by atoms with Gasteiger partial charge in [-0.05, 0) is 19.1 Å². The molecule has 2 N–H and O–H groups in total. The first kappa shape index (κ1) is 16.4. The van der Waals surface area contributed by atoms with Crippen LogP contribution in [0.15, 0.2) is 59.7 Å². The average Bonchev–Trinajstić information content (AvgIpc) is 3.04. The van der Waals surface area contributed by atoms with Gasteiger partial charge in [-0.3, -0.25) is 9.89 Å². The Morgan fingerprint density at radius 2 is 1.88 bits per heavy atom. The van der Waals surface area contributed by atoms with Crippen LogP contribution >= 0.6 is 0 Å².